The number of ether oxygens (including phenoxy) is 2. The Balaban J connectivity index is 1.78. The van der Waals surface area contributed by atoms with Crippen LogP contribution < -0.4 is 14.9 Å². The van der Waals surface area contributed by atoms with Gasteiger partial charge in [0.25, 0.3) is 0 Å². The highest BCUT2D eigenvalue weighted by Gasteiger charge is 2.15. The van der Waals surface area contributed by atoms with Gasteiger partial charge in [0.15, 0.2) is 16.7 Å². The van der Waals surface area contributed by atoms with Gasteiger partial charge in [0, 0.05) is 11.3 Å². The lowest BCUT2D eigenvalue weighted by atomic mass is 10.1. The molecule has 24 heavy (non-hydrogen) atoms. The average Bonchev–Trinajstić information content (AvgIpc) is 2.62. The number of methoxy groups -OCH3 is 2. The number of hydrogen-bond donors (Lipinski definition) is 1. The molecule has 124 valence electrons. The number of benzene rings is 2. The van der Waals surface area contributed by atoms with Crippen molar-refractivity contribution in [3.05, 3.63) is 53.6 Å². The van der Waals surface area contributed by atoms with Gasteiger partial charge >= 0.3 is 0 Å². The van der Waals surface area contributed by atoms with Gasteiger partial charge in [-0.3, -0.25) is 5.43 Å². The normalized spacial score (nSPS) is 15.6. The van der Waals surface area contributed by atoms with E-state index in [1.54, 1.807) is 26.0 Å². The fraction of sp³-hybridized carbons (Fsp3) is 0.222. The molecule has 2 aromatic carbocycles. The maximum atomic E-state index is 5.35. The summed E-state index contributed by atoms with van der Waals surface area (Å²) >= 11 is 1.63. The lowest BCUT2D eigenvalue weighted by Crippen LogP contribution is -2.25. The second-order valence-electron chi connectivity index (χ2n) is 5.28. The molecule has 0 saturated carbocycles. The van der Waals surface area contributed by atoms with Crippen LogP contribution in [-0.4, -0.2) is 30.9 Å². The summed E-state index contributed by atoms with van der Waals surface area (Å²) in [5, 5.41) is 5.25. The number of aliphatic imine (C=N–C) groups is 1. The van der Waals surface area contributed by atoms with Crippen LogP contribution in [0.2, 0.25) is 0 Å². The first-order valence-corrected chi connectivity index (χ1v) is 8.51. The zero-order valence-corrected chi connectivity index (χ0v) is 14.7. The van der Waals surface area contributed by atoms with E-state index in [4.69, 9.17) is 9.47 Å². The van der Waals surface area contributed by atoms with Gasteiger partial charge in [0.05, 0.1) is 25.6 Å². The minimum atomic E-state index is 0.696. The van der Waals surface area contributed by atoms with Crippen LogP contribution in [-0.2, 0) is 0 Å². The first-order valence-electron chi connectivity index (χ1n) is 7.52. The molecule has 0 fully saturated rings. The maximum absolute atomic E-state index is 5.35. The number of nitrogens with one attached hydrogen (secondary N) is 1. The lowest BCUT2D eigenvalue weighted by molar-refractivity contribution is 0.355. The highest BCUT2D eigenvalue weighted by Crippen LogP contribution is 2.29. The Hall–Kier alpha value is -2.47. The lowest BCUT2D eigenvalue weighted by Gasteiger charge is -2.16. The first-order chi connectivity index (χ1) is 11.7. The molecule has 0 radical (unpaired) electrons. The Labute approximate surface area is 145 Å². The molecule has 0 atom stereocenters. The minimum Gasteiger partial charge on any atom is -0.493 e. The fourth-order valence-electron chi connectivity index (χ4n) is 2.35. The molecule has 1 aliphatic heterocycles. The van der Waals surface area contributed by atoms with E-state index in [0.29, 0.717) is 11.5 Å². The van der Waals surface area contributed by atoms with Gasteiger partial charge in [0.1, 0.15) is 0 Å². The molecule has 3 rings (SSSR count). The van der Waals surface area contributed by atoms with E-state index in [0.717, 1.165) is 27.9 Å². The summed E-state index contributed by atoms with van der Waals surface area (Å²) in [6, 6.07) is 13.9. The number of nitrogens with zero attached hydrogens (tertiary/aromatic N) is 2. The second-order valence-corrected chi connectivity index (χ2v) is 6.25. The van der Waals surface area contributed by atoms with E-state index < -0.39 is 0 Å². The van der Waals surface area contributed by atoms with Crippen LogP contribution in [0.25, 0.3) is 0 Å². The molecule has 1 N–H and O–H groups in total. The summed E-state index contributed by atoms with van der Waals surface area (Å²) in [5.41, 5.74) is 7.09. The minimum absolute atomic E-state index is 0.696. The molecular weight excluding hydrogens is 322 g/mol. The van der Waals surface area contributed by atoms with Crippen LogP contribution in [0.1, 0.15) is 11.1 Å². The number of amidine groups is 1. The number of hydrogen-bond acceptors (Lipinski definition) is 5. The highest BCUT2D eigenvalue weighted by molar-refractivity contribution is 8.14. The van der Waals surface area contributed by atoms with Crippen LogP contribution in [0.15, 0.2) is 52.6 Å². The Morgan fingerprint density at radius 3 is 2.58 bits per heavy atom. The summed E-state index contributed by atoms with van der Waals surface area (Å²) in [5.74, 6) is 2.15. The van der Waals surface area contributed by atoms with Crippen LogP contribution in [0.5, 0.6) is 11.5 Å². The largest absolute Gasteiger partial charge is 0.493 e. The summed E-state index contributed by atoms with van der Waals surface area (Å²) < 4.78 is 10.6. The molecule has 6 heteroatoms. The Morgan fingerprint density at radius 1 is 1.08 bits per heavy atom. The van der Waals surface area contributed by atoms with E-state index in [1.165, 1.54) is 5.56 Å². The zero-order valence-electron chi connectivity index (χ0n) is 13.9. The second kappa shape index (κ2) is 7.40. The van der Waals surface area contributed by atoms with Gasteiger partial charge < -0.3 is 9.47 Å². The highest BCUT2D eigenvalue weighted by atomic mass is 32.2. The number of aryl methyl sites for hydroxylation is 1. The third-order valence-corrected chi connectivity index (χ3v) is 4.45. The van der Waals surface area contributed by atoms with Gasteiger partial charge in [-0.05, 0) is 42.8 Å². The van der Waals surface area contributed by atoms with Crippen molar-refractivity contribution in [2.24, 2.45) is 10.1 Å². The summed E-state index contributed by atoms with van der Waals surface area (Å²) in [6.45, 7) is 2.05. The number of thioether (sulfide) groups is 1. The quantitative estimate of drug-likeness (QED) is 0.920. The van der Waals surface area contributed by atoms with E-state index in [-0.39, 0.29) is 0 Å². The van der Waals surface area contributed by atoms with Crippen molar-refractivity contribution in [1.82, 2.24) is 5.43 Å². The van der Waals surface area contributed by atoms with Gasteiger partial charge in [-0.2, -0.15) is 5.10 Å². The average molecular weight is 341 g/mol. The SMILES string of the molecule is COc1ccc(C2=NNC(=Nc3cccc(C)c3)SC2)cc1OC. The van der Waals surface area contributed by atoms with Crippen molar-refractivity contribution >= 4 is 28.3 Å². The Kier molecular flexibility index (Phi) is 5.05. The van der Waals surface area contributed by atoms with Crippen molar-refractivity contribution < 1.29 is 9.47 Å². The molecule has 0 amide bonds. The molecular formula is C18H19N3O2S. The van der Waals surface area contributed by atoms with Crippen molar-refractivity contribution in [1.29, 1.82) is 0 Å². The number of hydrazone groups is 1. The molecule has 0 spiro atoms. The third kappa shape index (κ3) is 3.71. The molecule has 0 aliphatic carbocycles. The van der Waals surface area contributed by atoms with Crippen LogP contribution in [0, 0.1) is 6.92 Å². The molecule has 5 nitrogen and oxygen atoms in total. The van der Waals surface area contributed by atoms with Crippen molar-refractivity contribution in [2.45, 2.75) is 6.92 Å². The molecule has 0 unspecified atom stereocenters. The zero-order chi connectivity index (χ0) is 16.9. The van der Waals surface area contributed by atoms with Crippen LogP contribution in [0.4, 0.5) is 5.69 Å². The van der Waals surface area contributed by atoms with Crippen molar-refractivity contribution in [3.8, 4) is 11.5 Å². The Bertz CT molecular complexity index is 803. The molecule has 0 saturated heterocycles. The summed E-state index contributed by atoms with van der Waals surface area (Å²) in [7, 11) is 3.25. The van der Waals surface area contributed by atoms with Crippen molar-refractivity contribution in [2.75, 3.05) is 20.0 Å². The smallest absolute Gasteiger partial charge is 0.182 e. The van der Waals surface area contributed by atoms with Crippen molar-refractivity contribution in [3.63, 3.8) is 0 Å². The molecule has 1 heterocycles. The van der Waals surface area contributed by atoms with E-state index >= 15 is 0 Å². The van der Waals surface area contributed by atoms with E-state index in [9.17, 15) is 0 Å². The fourth-order valence-corrected chi connectivity index (χ4v) is 3.14. The third-order valence-electron chi connectivity index (χ3n) is 3.58. The molecule has 0 bridgehead atoms. The van der Waals surface area contributed by atoms with Crippen LogP contribution >= 0.6 is 11.8 Å². The first kappa shape index (κ1) is 16.4. The van der Waals surface area contributed by atoms with Gasteiger partial charge in [-0.15, -0.1) is 0 Å². The van der Waals surface area contributed by atoms with Gasteiger partial charge in [-0.1, -0.05) is 23.9 Å². The maximum Gasteiger partial charge on any atom is 0.182 e. The van der Waals surface area contributed by atoms with Gasteiger partial charge in [0.2, 0.25) is 0 Å². The molecule has 0 aromatic heterocycles. The van der Waals surface area contributed by atoms with Gasteiger partial charge in [-0.25, -0.2) is 4.99 Å². The van der Waals surface area contributed by atoms with Crippen LogP contribution in [0.3, 0.4) is 0 Å². The predicted molar refractivity (Wildman–Crippen MR) is 100.0 cm³/mol. The topological polar surface area (TPSA) is 55.2 Å². The standard InChI is InChI=1S/C18H19N3O2S/c1-12-5-4-6-14(9-12)19-18-21-20-15(11-24-18)13-7-8-16(22-2)17(10-13)23-3/h4-10H,11H2,1-3H3,(H,19,21). The van der Waals surface area contributed by atoms with E-state index in [1.807, 2.05) is 36.4 Å². The molecule has 1 aliphatic rings. The Morgan fingerprint density at radius 2 is 1.92 bits per heavy atom. The molecule has 2 aromatic rings. The van der Waals surface area contributed by atoms with E-state index in [2.05, 4.69) is 28.5 Å². The summed E-state index contributed by atoms with van der Waals surface area (Å²) in [4.78, 5) is 4.58. The predicted octanol–water partition coefficient (Wildman–Crippen LogP) is 3.74. The summed E-state index contributed by atoms with van der Waals surface area (Å²) in [6.07, 6.45) is 0. The monoisotopic (exact) mass is 341 g/mol. The number of rotatable bonds is 4.